The van der Waals surface area contributed by atoms with E-state index in [1.807, 2.05) is 12.1 Å². The molecule has 0 amide bonds. The van der Waals surface area contributed by atoms with Gasteiger partial charge in [0.05, 0.1) is 0 Å². The van der Waals surface area contributed by atoms with Crippen LogP contribution in [0, 0.1) is 5.82 Å². The van der Waals surface area contributed by atoms with Gasteiger partial charge in [0.1, 0.15) is 24.3 Å². The molecule has 0 aliphatic carbocycles. The third-order valence-corrected chi connectivity index (χ3v) is 3.41. The molecule has 0 spiro atoms. The van der Waals surface area contributed by atoms with Crippen molar-refractivity contribution >= 4 is 33.2 Å². The summed E-state index contributed by atoms with van der Waals surface area (Å²) in [5.74, 6) is 0.247. The van der Waals surface area contributed by atoms with E-state index in [0.717, 1.165) is 4.47 Å². The molecule has 0 bridgehead atoms. The van der Waals surface area contributed by atoms with Crippen LogP contribution in [0.3, 0.4) is 0 Å². The van der Waals surface area contributed by atoms with Crippen LogP contribution in [0.5, 0.6) is 5.75 Å². The Bertz CT molecular complexity index is 574. The summed E-state index contributed by atoms with van der Waals surface area (Å²) in [4.78, 5) is 0. The highest BCUT2D eigenvalue weighted by molar-refractivity contribution is 9.10. The number of benzene rings is 2. The first-order valence-corrected chi connectivity index (χ1v) is 7.46. The number of anilines is 1. The summed E-state index contributed by atoms with van der Waals surface area (Å²) in [6.07, 6.45) is -0.726. The van der Waals surface area contributed by atoms with Crippen LogP contribution >= 0.6 is 27.5 Å². The summed E-state index contributed by atoms with van der Waals surface area (Å²) in [5, 5.41) is 13.1. The fraction of sp³-hybridized carbons (Fsp3) is 0.200. The normalized spacial score (nSPS) is 12.0. The van der Waals surface area contributed by atoms with Crippen LogP contribution < -0.4 is 10.1 Å². The van der Waals surface area contributed by atoms with Crippen molar-refractivity contribution in [3.05, 3.63) is 57.8 Å². The first-order chi connectivity index (χ1) is 10.0. The van der Waals surface area contributed by atoms with Crippen LogP contribution in [0.15, 0.2) is 46.9 Å². The van der Waals surface area contributed by atoms with Crippen LogP contribution in [0.2, 0.25) is 5.02 Å². The van der Waals surface area contributed by atoms with Crippen molar-refractivity contribution in [1.29, 1.82) is 0 Å². The summed E-state index contributed by atoms with van der Waals surface area (Å²) in [5.41, 5.74) is 0.516. The molecule has 0 saturated carbocycles. The molecular weight excluding hydrogens is 361 g/mol. The van der Waals surface area contributed by atoms with Gasteiger partial charge in [0.2, 0.25) is 0 Å². The predicted molar refractivity (Wildman–Crippen MR) is 85.5 cm³/mol. The van der Waals surface area contributed by atoms with Crippen molar-refractivity contribution in [3.8, 4) is 5.75 Å². The average Bonchev–Trinajstić information content (AvgIpc) is 2.43. The minimum atomic E-state index is -0.726. The summed E-state index contributed by atoms with van der Waals surface area (Å²) < 4.78 is 19.5. The van der Waals surface area contributed by atoms with Crippen LogP contribution in [0.1, 0.15) is 0 Å². The van der Waals surface area contributed by atoms with Gasteiger partial charge in [-0.05, 0) is 42.5 Å². The number of nitrogens with one attached hydrogen (secondary N) is 1. The number of aliphatic hydroxyl groups is 1. The first-order valence-electron chi connectivity index (χ1n) is 6.29. The molecular formula is C15H14BrClFNO2. The smallest absolute Gasteiger partial charge is 0.126 e. The molecule has 2 aromatic carbocycles. The van der Waals surface area contributed by atoms with Gasteiger partial charge in [-0.3, -0.25) is 0 Å². The zero-order valence-electron chi connectivity index (χ0n) is 11.0. The van der Waals surface area contributed by atoms with E-state index >= 15 is 0 Å². The second-order valence-corrected chi connectivity index (χ2v) is 5.81. The van der Waals surface area contributed by atoms with Gasteiger partial charge in [-0.15, -0.1) is 0 Å². The number of hydrogen-bond acceptors (Lipinski definition) is 3. The number of hydrogen-bond donors (Lipinski definition) is 2. The lowest BCUT2D eigenvalue weighted by molar-refractivity contribution is 0.117. The lowest BCUT2D eigenvalue weighted by atomic mass is 10.3. The maximum Gasteiger partial charge on any atom is 0.126 e. The van der Waals surface area contributed by atoms with Crippen molar-refractivity contribution in [1.82, 2.24) is 0 Å². The number of rotatable bonds is 6. The van der Waals surface area contributed by atoms with Crippen LogP contribution in [-0.2, 0) is 0 Å². The van der Waals surface area contributed by atoms with Gasteiger partial charge in [-0.1, -0.05) is 27.5 Å². The Labute approximate surface area is 135 Å². The number of ether oxygens (including phenoxy) is 1. The van der Waals surface area contributed by atoms with Gasteiger partial charge < -0.3 is 15.2 Å². The molecule has 21 heavy (non-hydrogen) atoms. The van der Waals surface area contributed by atoms with Crippen LogP contribution in [0.4, 0.5) is 10.1 Å². The maximum absolute atomic E-state index is 13.1. The Morgan fingerprint density at radius 2 is 1.95 bits per heavy atom. The zero-order chi connectivity index (χ0) is 15.2. The first kappa shape index (κ1) is 16.1. The molecule has 2 rings (SSSR count). The highest BCUT2D eigenvalue weighted by Crippen LogP contribution is 2.18. The minimum absolute atomic E-state index is 0.137. The molecule has 6 heteroatoms. The molecule has 3 nitrogen and oxygen atoms in total. The fourth-order valence-corrected chi connectivity index (χ4v) is 2.16. The number of halogens is 3. The maximum atomic E-state index is 13.1. The van der Waals surface area contributed by atoms with E-state index in [2.05, 4.69) is 21.2 Å². The topological polar surface area (TPSA) is 41.5 Å². The molecule has 1 unspecified atom stereocenters. The van der Waals surface area contributed by atoms with Crippen LogP contribution in [0.25, 0.3) is 0 Å². The van der Waals surface area contributed by atoms with E-state index in [0.29, 0.717) is 16.5 Å². The predicted octanol–water partition coefficient (Wildman–Crippen LogP) is 4.09. The van der Waals surface area contributed by atoms with Crippen molar-refractivity contribution < 1.29 is 14.2 Å². The summed E-state index contributed by atoms with van der Waals surface area (Å²) in [6, 6.07) is 11.4. The van der Waals surface area contributed by atoms with Crippen molar-refractivity contribution in [2.24, 2.45) is 0 Å². The van der Waals surface area contributed by atoms with Crippen LogP contribution in [-0.4, -0.2) is 24.4 Å². The molecule has 2 aromatic rings. The highest BCUT2D eigenvalue weighted by Gasteiger charge is 2.06. The zero-order valence-corrected chi connectivity index (χ0v) is 13.4. The van der Waals surface area contributed by atoms with E-state index in [-0.39, 0.29) is 13.2 Å². The standard InChI is InChI=1S/C15H14BrClFNO2/c16-10-1-3-15(4-2-10)21-9-14(20)8-19-13-6-11(17)5-12(18)7-13/h1-7,14,19-20H,8-9H2. The van der Waals surface area contributed by atoms with Gasteiger partial charge in [-0.2, -0.15) is 0 Å². The number of aliphatic hydroxyl groups excluding tert-OH is 1. The van der Waals surface area contributed by atoms with Gasteiger partial charge in [-0.25, -0.2) is 4.39 Å². The largest absolute Gasteiger partial charge is 0.491 e. The quantitative estimate of drug-likeness (QED) is 0.800. The van der Waals surface area contributed by atoms with Crippen molar-refractivity contribution in [3.63, 3.8) is 0 Å². The molecule has 0 aromatic heterocycles. The van der Waals surface area contributed by atoms with Crippen molar-refractivity contribution in [2.75, 3.05) is 18.5 Å². The highest BCUT2D eigenvalue weighted by atomic mass is 79.9. The molecule has 112 valence electrons. The lowest BCUT2D eigenvalue weighted by Gasteiger charge is -2.14. The van der Waals surface area contributed by atoms with Gasteiger partial charge in [0.25, 0.3) is 0 Å². The molecule has 0 saturated heterocycles. The third kappa shape index (κ3) is 5.53. The Morgan fingerprint density at radius 1 is 1.24 bits per heavy atom. The summed E-state index contributed by atoms with van der Waals surface area (Å²) in [6.45, 7) is 0.369. The van der Waals surface area contributed by atoms with Gasteiger partial charge in [0, 0.05) is 21.7 Å². The fourth-order valence-electron chi connectivity index (χ4n) is 1.67. The van der Waals surface area contributed by atoms with Gasteiger partial charge >= 0.3 is 0 Å². The summed E-state index contributed by atoms with van der Waals surface area (Å²) in [7, 11) is 0. The molecule has 2 N–H and O–H groups in total. The van der Waals surface area contributed by atoms with E-state index in [1.54, 1.807) is 18.2 Å². The lowest BCUT2D eigenvalue weighted by Crippen LogP contribution is -2.26. The molecule has 0 aliphatic heterocycles. The van der Waals surface area contributed by atoms with Crippen molar-refractivity contribution in [2.45, 2.75) is 6.10 Å². The second-order valence-electron chi connectivity index (χ2n) is 4.46. The Kier molecular flexibility index (Phi) is 5.85. The second kappa shape index (κ2) is 7.64. The third-order valence-electron chi connectivity index (χ3n) is 2.66. The molecule has 1 atom stereocenters. The Morgan fingerprint density at radius 3 is 2.62 bits per heavy atom. The molecule has 0 heterocycles. The average molecular weight is 375 g/mol. The SMILES string of the molecule is OC(CNc1cc(F)cc(Cl)c1)COc1ccc(Br)cc1. The Hall–Kier alpha value is -1.30. The summed E-state index contributed by atoms with van der Waals surface area (Å²) >= 11 is 9.08. The Balaban J connectivity index is 1.79. The van der Waals surface area contributed by atoms with E-state index in [1.165, 1.54) is 12.1 Å². The van der Waals surface area contributed by atoms with Gasteiger partial charge in [0.15, 0.2) is 0 Å². The van der Waals surface area contributed by atoms with E-state index < -0.39 is 11.9 Å². The minimum Gasteiger partial charge on any atom is -0.491 e. The van der Waals surface area contributed by atoms with E-state index in [4.69, 9.17) is 16.3 Å². The molecule has 0 aliphatic rings. The molecule has 0 fully saturated rings. The van der Waals surface area contributed by atoms with E-state index in [9.17, 15) is 9.50 Å². The monoisotopic (exact) mass is 373 g/mol. The molecule has 0 radical (unpaired) electrons.